The Morgan fingerprint density at radius 1 is 1.26 bits per heavy atom. The molecule has 2 saturated carbocycles. The standard InChI is InChI=1S/C27H42O7/c1-9-16(3)24(31)34-21-14-27(15-33-18(5)28)19(11-12-26(8,32)10-2)17(4)20(29)13-22(27)25(6,7)23(21)30/h9-10,19-23,29-30,32H,2,4,11-15H2,1,3,5-8H3/b16-9-/t19-,20+,21+,22-,23+,26-,27-/m0/s1. The molecule has 0 saturated heterocycles. The van der Waals surface area contributed by atoms with Gasteiger partial charge in [-0.1, -0.05) is 32.6 Å². The Morgan fingerprint density at radius 3 is 2.41 bits per heavy atom. The second kappa shape index (κ2) is 10.3. The average molecular weight is 479 g/mol. The van der Waals surface area contributed by atoms with Crippen molar-refractivity contribution in [3.63, 3.8) is 0 Å². The molecule has 0 spiro atoms. The lowest BCUT2D eigenvalue weighted by Crippen LogP contribution is -2.65. The van der Waals surface area contributed by atoms with Crippen LogP contribution in [0.25, 0.3) is 0 Å². The number of esters is 2. The van der Waals surface area contributed by atoms with E-state index in [1.165, 1.54) is 13.0 Å². The fourth-order valence-corrected chi connectivity index (χ4v) is 5.92. The molecule has 7 nitrogen and oxygen atoms in total. The Morgan fingerprint density at radius 2 is 1.88 bits per heavy atom. The SMILES string of the molecule is C=C[C@](C)(O)CC[C@H]1C(=C)[C@H](O)C[C@H]2C(C)(C)[C@H](O)[C@H](OC(=O)/C(C)=C\C)C[C@]12COC(C)=O. The Hall–Kier alpha value is -1.96. The molecule has 0 bridgehead atoms. The number of aliphatic hydroxyl groups is 3. The van der Waals surface area contributed by atoms with Crippen molar-refractivity contribution in [2.24, 2.45) is 22.7 Å². The van der Waals surface area contributed by atoms with Crippen LogP contribution in [0.2, 0.25) is 0 Å². The van der Waals surface area contributed by atoms with Crippen LogP contribution in [0.4, 0.5) is 0 Å². The molecule has 34 heavy (non-hydrogen) atoms. The zero-order valence-electron chi connectivity index (χ0n) is 21.5. The molecule has 7 atom stereocenters. The number of ether oxygens (including phenoxy) is 2. The summed E-state index contributed by atoms with van der Waals surface area (Å²) in [6, 6.07) is 0. The van der Waals surface area contributed by atoms with E-state index in [0.717, 1.165) is 0 Å². The molecule has 0 aromatic carbocycles. The molecule has 0 aromatic heterocycles. The monoisotopic (exact) mass is 478 g/mol. The van der Waals surface area contributed by atoms with Crippen LogP contribution in [0.3, 0.4) is 0 Å². The summed E-state index contributed by atoms with van der Waals surface area (Å²) in [6.45, 7) is 18.1. The van der Waals surface area contributed by atoms with Crippen molar-refractivity contribution >= 4 is 11.9 Å². The van der Waals surface area contributed by atoms with E-state index in [9.17, 15) is 24.9 Å². The van der Waals surface area contributed by atoms with Crippen LogP contribution in [0.15, 0.2) is 36.5 Å². The van der Waals surface area contributed by atoms with Gasteiger partial charge in [0.15, 0.2) is 0 Å². The Labute approximate surface area is 203 Å². The zero-order chi connectivity index (χ0) is 26.1. The summed E-state index contributed by atoms with van der Waals surface area (Å²) < 4.78 is 11.4. The van der Waals surface area contributed by atoms with Gasteiger partial charge in [0.05, 0.1) is 24.4 Å². The molecule has 2 aliphatic carbocycles. The van der Waals surface area contributed by atoms with Gasteiger partial charge in [-0.25, -0.2) is 4.79 Å². The fraction of sp³-hybridized carbons (Fsp3) is 0.704. The van der Waals surface area contributed by atoms with E-state index in [4.69, 9.17) is 9.47 Å². The summed E-state index contributed by atoms with van der Waals surface area (Å²) >= 11 is 0. The Kier molecular flexibility index (Phi) is 8.60. The van der Waals surface area contributed by atoms with E-state index in [0.29, 0.717) is 30.4 Å². The van der Waals surface area contributed by atoms with Gasteiger partial charge < -0.3 is 24.8 Å². The molecular formula is C27H42O7. The molecule has 0 heterocycles. The number of carbonyl (C=O) groups is 2. The van der Waals surface area contributed by atoms with Crippen molar-refractivity contribution in [1.29, 1.82) is 0 Å². The molecule has 2 fully saturated rings. The number of hydrogen-bond donors (Lipinski definition) is 3. The Bertz CT molecular complexity index is 840. The van der Waals surface area contributed by atoms with Crippen LogP contribution in [-0.4, -0.2) is 57.8 Å². The van der Waals surface area contributed by atoms with E-state index in [2.05, 4.69) is 13.2 Å². The highest BCUT2D eigenvalue weighted by Gasteiger charge is 2.64. The number of carbonyl (C=O) groups excluding carboxylic acids is 2. The van der Waals surface area contributed by atoms with Crippen molar-refractivity contribution < 1.29 is 34.4 Å². The van der Waals surface area contributed by atoms with Crippen molar-refractivity contribution in [3.8, 4) is 0 Å². The van der Waals surface area contributed by atoms with Crippen LogP contribution >= 0.6 is 0 Å². The van der Waals surface area contributed by atoms with Crippen LogP contribution in [0.1, 0.15) is 67.2 Å². The van der Waals surface area contributed by atoms with Crippen LogP contribution in [-0.2, 0) is 19.1 Å². The lowest BCUT2D eigenvalue weighted by Gasteiger charge is -2.62. The molecule has 7 heteroatoms. The maximum atomic E-state index is 12.6. The molecule has 2 aliphatic rings. The maximum Gasteiger partial charge on any atom is 0.333 e. The van der Waals surface area contributed by atoms with Gasteiger partial charge in [-0.3, -0.25) is 4.79 Å². The highest BCUT2D eigenvalue weighted by molar-refractivity contribution is 5.87. The predicted octanol–water partition coefficient (Wildman–Crippen LogP) is 3.48. The van der Waals surface area contributed by atoms with Gasteiger partial charge in [-0.2, -0.15) is 0 Å². The first-order chi connectivity index (χ1) is 15.6. The largest absolute Gasteiger partial charge is 0.465 e. The minimum atomic E-state index is -1.13. The molecule has 192 valence electrons. The van der Waals surface area contributed by atoms with E-state index in [1.807, 2.05) is 13.8 Å². The number of fused-ring (bicyclic) bond motifs is 1. The van der Waals surface area contributed by atoms with Crippen LogP contribution in [0, 0.1) is 22.7 Å². The zero-order valence-corrected chi connectivity index (χ0v) is 21.5. The number of hydrogen-bond acceptors (Lipinski definition) is 7. The molecule has 2 rings (SSSR count). The summed E-state index contributed by atoms with van der Waals surface area (Å²) in [6.07, 6.45) is 1.90. The van der Waals surface area contributed by atoms with E-state index >= 15 is 0 Å². The predicted molar refractivity (Wildman–Crippen MR) is 130 cm³/mol. The molecule has 0 radical (unpaired) electrons. The molecular weight excluding hydrogens is 436 g/mol. The molecule has 3 N–H and O–H groups in total. The van der Waals surface area contributed by atoms with Gasteiger partial charge >= 0.3 is 11.9 Å². The highest BCUT2D eigenvalue weighted by Crippen LogP contribution is 2.62. The summed E-state index contributed by atoms with van der Waals surface area (Å²) in [5.41, 5.74) is -1.61. The summed E-state index contributed by atoms with van der Waals surface area (Å²) in [5, 5.41) is 32.8. The van der Waals surface area contributed by atoms with Gasteiger partial charge in [0.2, 0.25) is 0 Å². The molecule has 0 unspecified atom stereocenters. The minimum absolute atomic E-state index is 0.0342. The highest BCUT2D eigenvalue weighted by atomic mass is 16.6. The smallest absolute Gasteiger partial charge is 0.333 e. The van der Waals surface area contributed by atoms with E-state index < -0.39 is 46.7 Å². The molecule has 0 aromatic rings. The van der Waals surface area contributed by atoms with Crippen LogP contribution in [0.5, 0.6) is 0 Å². The first-order valence-electron chi connectivity index (χ1n) is 12.0. The van der Waals surface area contributed by atoms with Crippen molar-refractivity contribution in [2.75, 3.05) is 6.61 Å². The molecule has 0 aliphatic heterocycles. The first-order valence-corrected chi connectivity index (χ1v) is 12.0. The van der Waals surface area contributed by atoms with Gasteiger partial charge in [0.25, 0.3) is 0 Å². The van der Waals surface area contributed by atoms with Crippen LogP contribution < -0.4 is 0 Å². The second-order valence-electron chi connectivity index (χ2n) is 10.9. The third-order valence-corrected chi connectivity index (χ3v) is 8.25. The van der Waals surface area contributed by atoms with Gasteiger partial charge in [0, 0.05) is 17.9 Å². The quantitative estimate of drug-likeness (QED) is 0.278. The summed E-state index contributed by atoms with van der Waals surface area (Å²) in [5.74, 6) is -1.55. The van der Waals surface area contributed by atoms with E-state index in [-0.39, 0.29) is 24.9 Å². The number of aliphatic hydroxyl groups excluding tert-OH is 2. The average Bonchev–Trinajstić information content (AvgIpc) is 2.77. The number of allylic oxidation sites excluding steroid dienone is 1. The lowest BCUT2D eigenvalue weighted by atomic mass is 9.44. The normalized spacial score (nSPS) is 35.0. The second-order valence-corrected chi connectivity index (χ2v) is 10.9. The van der Waals surface area contributed by atoms with Crippen molar-refractivity contribution in [1.82, 2.24) is 0 Å². The number of rotatable bonds is 8. The topological polar surface area (TPSA) is 113 Å². The third-order valence-electron chi connectivity index (χ3n) is 8.25. The van der Waals surface area contributed by atoms with Gasteiger partial charge in [-0.15, -0.1) is 6.58 Å². The summed E-state index contributed by atoms with van der Waals surface area (Å²) in [4.78, 5) is 24.5. The fourth-order valence-electron chi connectivity index (χ4n) is 5.92. The minimum Gasteiger partial charge on any atom is -0.465 e. The van der Waals surface area contributed by atoms with Gasteiger partial charge in [-0.05, 0) is 69.3 Å². The Balaban J connectivity index is 2.60. The van der Waals surface area contributed by atoms with E-state index in [1.54, 1.807) is 26.8 Å². The molecule has 0 amide bonds. The lowest BCUT2D eigenvalue weighted by molar-refractivity contribution is -0.222. The van der Waals surface area contributed by atoms with Gasteiger partial charge in [0.1, 0.15) is 6.10 Å². The first kappa shape index (κ1) is 28.3. The third kappa shape index (κ3) is 5.47. The summed E-state index contributed by atoms with van der Waals surface area (Å²) in [7, 11) is 0. The maximum absolute atomic E-state index is 12.6. The van der Waals surface area contributed by atoms with Crippen molar-refractivity contribution in [2.45, 2.75) is 91.1 Å². The van der Waals surface area contributed by atoms with Crippen molar-refractivity contribution in [3.05, 3.63) is 36.5 Å².